The summed E-state index contributed by atoms with van der Waals surface area (Å²) in [6, 6.07) is 10.1. The fourth-order valence-corrected chi connectivity index (χ4v) is 3.21. The third-order valence-corrected chi connectivity index (χ3v) is 4.31. The molecular formula is C15H18O3S. The summed E-state index contributed by atoms with van der Waals surface area (Å²) in [6.45, 7) is 6.03. The summed E-state index contributed by atoms with van der Waals surface area (Å²) < 4.78 is 10.9. The number of carbonyl (C=O) groups excluding carboxylic acids is 1. The van der Waals surface area contributed by atoms with Crippen molar-refractivity contribution >= 4 is 17.7 Å². The molecular weight excluding hydrogens is 260 g/mol. The molecule has 0 saturated carbocycles. The molecule has 2 rings (SSSR count). The third-order valence-electron chi connectivity index (χ3n) is 3.03. The zero-order valence-electron chi connectivity index (χ0n) is 11.4. The molecule has 0 amide bonds. The summed E-state index contributed by atoms with van der Waals surface area (Å²) in [5.41, 5.74) is 0.595. The molecule has 0 fully saturated rings. The van der Waals surface area contributed by atoms with Crippen molar-refractivity contribution < 1.29 is 14.3 Å². The van der Waals surface area contributed by atoms with Crippen LogP contribution in [0.1, 0.15) is 20.8 Å². The molecule has 0 spiro atoms. The molecule has 0 unspecified atom stereocenters. The number of esters is 1. The number of hydrogen-bond acceptors (Lipinski definition) is 4. The molecule has 102 valence electrons. The second-order valence-electron chi connectivity index (χ2n) is 4.40. The lowest BCUT2D eigenvalue weighted by Crippen LogP contribution is -2.17. The molecule has 1 aromatic rings. The molecule has 0 saturated heterocycles. The molecule has 0 N–H and O–H groups in total. The molecule has 0 aliphatic carbocycles. The van der Waals surface area contributed by atoms with E-state index in [1.807, 2.05) is 51.1 Å². The summed E-state index contributed by atoms with van der Waals surface area (Å²) in [5.74, 6) is 0.451. The highest BCUT2D eigenvalue weighted by Gasteiger charge is 2.36. The van der Waals surface area contributed by atoms with Crippen LogP contribution in [0.2, 0.25) is 0 Å². The van der Waals surface area contributed by atoms with Crippen molar-refractivity contribution in [3.8, 4) is 0 Å². The summed E-state index contributed by atoms with van der Waals surface area (Å²) in [4.78, 5) is 13.0. The highest BCUT2D eigenvalue weighted by atomic mass is 32.2. The van der Waals surface area contributed by atoms with E-state index in [4.69, 9.17) is 9.47 Å². The minimum absolute atomic E-state index is 0.0317. The topological polar surface area (TPSA) is 35.5 Å². The van der Waals surface area contributed by atoms with Gasteiger partial charge in [0.05, 0.1) is 12.2 Å². The normalized spacial score (nSPS) is 22.3. The van der Waals surface area contributed by atoms with E-state index < -0.39 is 0 Å². The maximum atomic E-state index is 11.9. The van der Waals surface area contributed by atoms with Gasteiger partial charge in [-0.15, -0.1) is 0 Å². The smallest absolute Gasteiger partial charge is 0.337 e. The molecule has 1 aliphatic rings. The van der Waals surface area contributed by atoms with Gasteiger partial charge in [0, 0.05) is 10.8 Å². The van der Waals surface area contributed by atoms with Crippen molar-refractivity contribution in [2.24, 2.45) is 5.92 Å². The van der Waals surface area contributed by atoms with Crippen LogP contribution < -0.4 is 0 Å². The van der Waals surface area contributed by atoms with Gasteiger partial charge in [0.1, 0.15) is 5.76 Å². The van der Waals surface area contributed by atoms with E-state index in [9.17, 15) is 4.79 Å². The van der Waals surface area contributed by atoms with Crippen LogP contribution in [0.3, 0.4) is 0 Å². The van der Waals surface area contributed by atoms with E-state index in [1.54, 1.807) is 11.8 Å². The van der Waals surface area contributed by atoms with Gasteiger partial charge in [-0.25, -0.2) is 4.79 Å². The Morgan fingerprint density at radius 3 is 2.68 bits per heavy atom. The van der Waals surface area contributed by atoms with Crippen molar-refractivity contribution in [1.29, 1.82) is 0 Å². The Hall–Kier alpha value is -1.42. The predicted molar refractivity (Wildman–Crippen MR) is 75.7 cm³/mol. The monoisotopic (exact) mass is 278 g/mol. The molecule has 3 nitrogen and oxygen atoms in total. The number of carbonyl (C=O) groups is 1. The quantitative estimate of drug-likeness (QED) is 0.788. The molecule has 1 aliphatic heterocycles. The Morgan fingerprint density at radius 2 is 2.05 bits per heavy atom. The van der Waals surface area contributed by atoms with Crippen LogP contribution >= 0.6 is 11.8 Å². The number of allylic oxidation sites excluding steroid dienone is 1. The number of ether oxygens (including phenoxy) is 2. The fraction of sp³-hybridized carbons (Fsp3) is 0.400. The number of rotatable bonds is 4. The second kappa shape index (κ2) is 6.15. The van der Waals surface area contributed by atoms with Crippen LogP contribution in [0, 0.1) is 5.92 Å². The Kier molecular flexibility index (Phi) is 4.53. The van der Waals surface area contributed by atoms with E-state index in [-0.39, 0.29) is 17.3 Å². The van der Waals surface area contributed by atoms with Gasteiger partial charge in [0.2, 0.25) is 0 Å². The predicted octanol–water partition coefficient (Wildman–Crippen LogP) is 3.61. The zero-order valence-corrected chi connectivity index (χ0v) is 12.2. The zero-order chi connectivity index (χ0) is 13.8. The Labute approximate surface area is 118 Å². The highest BCUT2D eigenvalue weighted by molar-refractivity contribution is 7.99. The van der Waals surface area contributed by atoms with Crippen LogP contribution in [-0.2, 0) is 14.3 Å². The van der Waals surface area contributed by atoms with E-state index >= 15 is 0 Å². The second-order valence-corrected chi connectivity index (χ2v) is 5.57. The summed E-state index contributed by atoms with van der Waals surface area (Å²) in [7, 11) is 0. The Bertz CT molecular complexity index is 481. The average molecular weight is 278 g/mol. The van der Waals surface area contributed by atoms with E-state index in [0.29, 0.717) is 17.9 Å². The first-order valence-electron chi connectivity index (χ1n) is 6.39. The molecule has 1 heterocycles. The SMILES string of the molecule is CCOC(=O)C1=C(C)O[C@@H](Sc2ccccc2)[C@@H]1C. The molecule has 19 heavy (non-hydrogen) atoms. The first-order chi connectivity index (χ1) is 9.13. The lowest BCUT2D eigenvalue weighted by Gasteiger charge is -2.16. The number of thioether (sulfide) groups is 1. The first-order valence-corrected chi connectivity index (χ1v) is 7.27. The number of hydrogen-bond donors (Lipinski definition) is 0. The van der Waals surface area contributed by atoms with E-state index in [2.05, 4.69) is 0 Å². The Balaban J connectivity index is 2.07. The average Bonchev–Trinajstić information content (AvgIpc) is 2.66. The number of benzene rings is 1. The maximum Gasteiger partial charge on any atom is 0.337 e. The van der Waals surface area contributed by atoms with Crippen molar-refractivity contribution in [2.75, 3.05) is 6.61 Å². The van der Waals surface area contributed by atoms with Crippen LogP contribution in [0.25, 0.3) is 0 Å². The van der Waals surface area contributed by atoms with Crippen molar-refractivity contribution in [2.45, 2.75) is 31.1 Å². The third kappa shape index (κ3) is 3.13. The molecule has 0 aromatic heterocycles. The minimum Gasteiger partial charge on any atom is -0.483 e. The lowest BCUT2D eigenvalue weighted by atomic mass is 10.0. The highest BCUT2D eigenvalue weighted by Crippen LogP contribution is 2.40. The maximum absolute atomic E-state index is 11.9. The lowest BCUT2D eigenvalue weighted by molar-refractivity contribution is -0.139. The van der Waals surface area contributed by atoms with E-state index in [1.165, 1.54) is 0 Å². The van der Waals surface area contributed by atoms with Gasteiger partial charge < -0.3 is 9.47 Å². The van der Waals surface area contributed by atoms with Crippen LogP contribution in [-0.4, -0.2) is 18.0 Å². The van der Waals surface area contributed by atoms with Gasteiger partial charge >= 0.3 is 5.97 Å². The van der Waals surface area contributed by atoms with E-state index in [0.717, 1.165) is 4.90 Å². The molecule has 0 radical (unpaired) electrons. The largest absolute Gasteiger partial charge is 0.483 e. The van der Waals surface area contributed by atoms with Gasteiger partial charge in [-0.05, 0) is 26.0 Å². The molecule has 1 aromatic carbocycles. The van der Waals surface area contributed by atoms with Crippen LogP contribution in [0.5, 0.6) is 0 Å². The summed E-state index contributed by atoms with van der Waals surface area (Å²) >= 11 is 1.63. The van der Waals surface area contributed by atoms with Crippen molar-refractivity contribution in [3.05, 3.63) is 41.7 Å². The molecule has 0 bridgehead atoms. The fourth-order valence-electron chi connectivity index (χ4n) is 2.09. The van der Waals surface area contributed by atoms with Gasteiger partial charge in [0.15, 0.2) is 5.44 Å². The van der Waals surface area contributed by atoms with Gasteiger partial charge in [-0.3, -0.25) is 0 Å². The minimum atomic E-state index is -0.260. The van der Waals surface area contributed by atoms with Gasteiger partial charge in [0.25, 0.3) is 0 Å². The van der Waals surface area contributed by atoms with Crippen molar-refractivity contribution in [1.82, 2.24) is 0 Å². The first kappa shape index (κ1) is 14.0. The summed E-state index contributed by atoms with van der Waals surface area (Å²) in [6.07, 6.45) is 0. The summed E-state index contributed by atoms with van der Waals surface area (Å²) in [5, 5.41) is 0. The van der Waals surface area contributed by atoms with Gasteiger partial charge in [-0.2, -0.15) is 0 Å². The standard InChI is InChI=1S/C15H18O3S/c1-4-17-14(16)13-10(2)15(18-11(13)3)19-12-8-6-5-7-9-12/h5-10,15H,4H2,1-3H3/t10-,15+/m1/s1. The van der Waals surface area contributed by atoms with Crippen LogP contribution in [0.15, 0.2) is 46.6 Å². The Morgan fingerprint density at radius 1 is 1.37 bits per heavy atom. The van der Waals surface area contributed by atoms with Crippen molar-refractivity contribution in [3.63, 3.8) is 0 Å². The molecule has 4 heteroatoms. The van der Waals surface area contributed by atoms with Gasteiger partial charge in [-0.1, -0.05) is 36.9 Å². The van der Waals surface area contributed by atoms with Crippen LogP contribution in [0.4, 0.5) is 0 Å². The molecule has 2 atom stereocenters.